The maximum atomic E-state index is 5.83. The first-order chi connectivity index (χ1) is 7.26. The second-order valence-corrected chi connectivity index (χ2v) is 5.68. The average Bonchev–Trinajstić information content (AvgIpc) is 2.27. The number of hydrogen-bond acceptors (Lipinski definition) is 1. The Balaban J connectivity index is 2.28. The summed E-state index contributed by atoms with van der Waals surface area (Å²) >= 11 is 11.4. The van der Waals surface area contributed by atoms with Crippen molar-refractivity contribution in [3.05, 3.63) is 34.9 Å². The molecule has 0 aliphatic carbocycles. The van der Waals surface area contributed by atoms with Crippen molar-refractivity contribution in [2.24, 2.45) is 5.92 Å². The van der Waals surface area contributed by atoms with Crippen LogP contribution in [0.5, 0.6) is 0 Å². The normalized spacial score (nSPS) is 12.7. The minimum atomic E-state index is 0.794. The van der Waals surface area contributed by atoms with Gasteiger partial charge in [-0.1, -0.05) is 53.0 Å². The van der Waals surface area contributed by atoms with Crippen molar-refractivity contribution in [1.82, 2.24) is 0 Å². The number of rotatable bonds is 6. The highest BCUT2D eigenvalue weighted by Crippen LogP contribution is 2.19. The summed E-state index contributed by atoms with van der Waals surface area (Å²) in [5.41, 5.74) is 1.36. The van der Waals surface area contributed by atoms with Crippen molar-refractivity contribution in [1.29, 1.82) is 0 Å². The maximum absolute atomic E-state index is 5.83. The summed E-state index contributed by atoms with van der Waals surface area (Å²) in [6, 6.07) is 8.12. The van der Waals surface area contributed by atoms with Crippen LogP contribution in [0.2, 0.25) is 5.02 Å². The molecular weight excluding hydrogens is 292 g/mol. The summed E-state index contributed by atoms with van der Waals surface area (Å²) in [6.07, 6.45) is 1.25. The molecule has 0 saturated heterocycles. The van der Waals surface area contributed by atoms with E-state index in [1.54, 1.807) is 0 Å². The first-order valence-electron chi connectivity index (χ1n) is 5.14. The number of alkyl halides is 1. The zero-order valence-corrected chi connectivity index (χ0v) is 12.0. The minimum absolute atomic E-state index is 0.794. The Labute approximate surface area is 110 Å². The molecule has 1 unspecified atom stereocenters. The molecule has 3 heteroatoms. The van der Waals surface area contributed by atoms with Gasteiger partial charge in [0.1, 0.15) is 0 Å². The highest BCUT2D eigenvalue weighted by molar-refractivity contribution is 9.09. The fourth-order valence-corrected chi connectivity index (χ4v) is 3.54. The molecule has 0 amide bonds. The fourth-order valence-electron chi connectivity index (χ4n) is 1.20. The number of hydrogen-bond donors (Lipinski definition) is 0. The van der Waals surface area contributed by atoms with Gasteiger partial charge in [0.15, 0.2) is 0 Å². The van der Waals surface area contributed by atoms with E-state index in [0.717, 1.165) is 22.0 Å². The van der Waals surface area contributed by atoms with Gasteiger partial charge in [-0.05, 0) is 29.4 Å². The largest absolute Gasteiger partial charge is 0.157 e. The van der Waals surface area contributed by atoms with E-state index in [1.165, 1.54) is 17.7 Å². The van der Waals surface area contributed by atoms with Crippen molar-refractivity contribution >= 4 is 39.3 Å². The van der Waals surface area contributed by atoms with E-state index in [1.807, 2.05) is 23.9 Å². The Kier molecular flexibility index (Phi) is 6.78. The highest BCUT2D eigenvalue weighted by Gasteiger charge is 2.04. The molecule has 1 atom stereocenters. The van der Waals surface area contributed by atoms with Gasteiger partial charge in [-0.3, -0.25) is 0 Å². The van der Waals surface area contributed by atoms with Crippen LogP contribution in [0, 0.1) is 5.92 Å². The predicted molar refractivity (Wildman–Crippen MR) is 75.2 cm³/mol. The standard InChI is InChI=1S/C12H16BrClS/c1-2-10(7-13)8-15-9-11-3-5-12(14)6-4-11/h3-6,10H,2,7-9H2,1H3. The molecule has 0 aliphatic rings. The van der Waals surface area contributed by atoms with Crippen LogP contribution in [0.1, 0.15) is 18.9 Å². The first-order valence-corrected chi connectivity index (χ1v) is 7.79. The molecule has 1 rings (SSSR count). The highest BCUT2D eigenvalue weighted by atomic mass is 79.9. The van der Waals surface area contributed by atoms with E-state index in [4.69, 9.17) is 11.6 Å². The smallest absolute Gasteiger partial charge is 0.0406 e. The Morgan fingerprint density at radius 3 is 2.53 bits per heavy atom. The van der Waals surface area contributed by atoms with E-state index in [9.17, 15) is 0 Å². The molecule has 0 radical (unpaired) electrons. The van der Waals surface area contributed by atoms with Crippen LogP contribution >= 0.6 is 39.3 Å². The molecule has 1 aromatic rings. The minimum Gasteiger partial charge on any atom is -0.157 e. The van der Waals surface area contributed by atoms with Crippen molar-refractivity contribution in [2.45, 2.75) is 19.1 Å². The molecule has 0 aliphatic heterocycles. The molecule has 1 aromatic carbocycles. The van der Waals surface area contributed by atoms with E-state index >= 15 is 0 Å². The van der Waals surface area contributed by atoms with Crippen molar-refractivity contribution in [3.63, 3.8) is 0 Å². The monoisotopic (exact) mass is 306 g/mol. The third kappa shape index (κ3) is 5.28. The Bertz CT molecular complexity index is 269. The molecule has 84 valence electrons. The van der Waals surface area contributed by atoms with Gasteiger partial charge in [0.25, 0.3) is 0 Å². The van der Waals surface area contributed by atoms with Gasteiger partial charge in [-0.15, -0.1) is 0 Å². The molecule has 0 N–H and O–H groups in total. The van der Waals surface area contributed by atoms with Gasteiger partial charge in [0.2, 0.25) is 0 Å². The van der Waals surface area contributed by atoms with Crippen molar-refractivity contribution in [2.75, 3.05) is 11.1 Å². The molecule has 0 saturated carbocycles. The van der Waals surface area contributed by atoms with E-state index in [-0.39, 0.29) is 0 Å². The molecular formula is C12H16BrClS. The van der Waals surface area contributed by atoms with Crippen LogP contribution in [0.3, 0.4) is 0 Å². The van der Waals surface area contributed by atoms with Gasteiger partial charge in [-0.2, -0.15) is 11.8 Å². The first kappa shape index (κ1) is 13.4. The van der Waals surface area contributed by atoms with Crippen LogP contribution < -0.4 is 0 Å². The molecule has 0 aromatic heterocycles. The third-order valence-corrected chi connectivity index (χ3v) is 4.74. The van der Waals surface area contributed by atoms with Gasteiger partial charge < -0.3 is 0 Å². The number of thioether (sulfide) groups is 1. The lowest BCUT2D eigenvalue weighted by molar-refractivity contribution is 0.652. The van der Waals surface area contributed by atoms with Crippen LogP contribution in [0.25, 0.3) is 0 Å². The summed E-state index contributed by atoms with van der Waals surface area (Å²) in [5, 5.41) is 1.92. The van der Waals surface area contributed by atoms with Crippen LogP contribution in [0.4, 0.5) is 0 Å². The van der Waals surface area contributed by atoms with Gasteiger partial charge in [0, 0.05) is 16.1 Å². The van der Waals surface area contributed by atoms with Gasteiger partial charge >= 0.3 is 0 Å². The lowest BCUT2D eigenvalue weighted by Gasteiger charge is -2.10. The summed E-state index contributed by atoms with van der Waals surface area (Å²) in [6.45, 7) is 2.24. The number of halogens is 2. The molecule has 0 heterocycles. The molecule has 0 nitrogen and oxygen atoms in total. The summed E-state index contributed by atoms with van der Waals surface area (Å²) in [7, 11) is 0. The van der Waals surface area contributed by atoms with Gasteiger partial charge in [-0.25, -0.2) is 0 Å². The molecule has 0 spiro atoms. The summed E-state index contributed by atoms with van der Waals surface area (Å²) in [4.78, 5) is 0. The van der Waals surface area contributed by atoms with Crippen LogP contribution in [-0.4, -0.2) is 11.1 Å². The second kappa shape index (κ2) is 7.59. The predicted octanol–water partition coefficient (Wildman–Crippen LogP) is 4.99. The van der Waals surface area contributed by atoms with E-state index in [0.29, 0.717) is 0 Å². The fraction of sp³-hybridized carbons (Fsp3) is 0.500. The van der Waals surface area contributed by atoms with Gasteiger partial charge in [0.05, 0.1) is 0 Å². The van der Waals surface area contributed by atoms with Crippen LogP contribution in [-0.2, 0) is 5.75 Å². The van der Waals surface area contributed by atoms with E-state index in [2.05, 4.69) is 35.0 Å². The molecule has 15 heavy (non-hydrogen) atoms. The van der Waals surface area contributed by atoms with Crippen molar-refractivity contribution < 1.29 is 0 Å². The van der Waals surface area contributed by atoms with E-state index < -0.39 is 0 Å². The summed E-state index contributed by atoms with van der Waals surface area (Å²) < 4.78 is 0. The lowest BCUT2D eigenvalue weighted by atomic mass is 10.2. The topological polar surface area (TPSA) is 0 Å². The molecule has 0 fully saturated rings. The van der Waals surface area contributed by atoms with Crippen molar-refractivity contribution in [3.8, 4) is 0 Å². The zero-order chi connectivity index (χ0) is 11.1. The Morgan fingerprint density at radius 1 is 1.33 bits per heavy atom. The summed E-state index contributed by atoms with van der Waals surface area (Å²) in [5.74, 6) is 3.10. The Hall–Kier alpha value is 0.340. The maximum Gasteiger partial charge on any atom is 0.0406 e. The Morgan fingerprint density at radius 2 is 2.00 bits per heavy atom. The third-order valence-electron chi connectivity index (χ3n) is 2.33. The van der Waals surface area contributed by atoms with Crippen LogP contribution in [0.15, 0.2) is 24.3 Å². The molecule has 0 bridgehead atoms. The lowest BCUT2D eigenvalue weighted by Crippen LogP contribution is -2.03. The second-order valence-electron chi connectivity index (χ2n) is 3.57. The SMILES string of the molecule is CCC(CBr)CSCc1ccc(Cl)cc1. The average molecular weight is 308 g/mol. The zero-order valence-electron chi connectivity index (χ0n) is 8.88. The quantitative estimate of drug-likeness (QED) is 0.667. The number of benzene rings is 1.